The van der Waals surface area contributed by atoms with Gasteiger partial charge in [-0.25, -0.2) is 4.98 Å². The summed E-state index contributed by atoms with van der Waals surface area (Å²) in [6.45, 7) is 5.25. The maximum atomic E-state index is 12.0. The molecule has 0 aliphatic heterocycles. The lowest BCUT2D eigenvalue weighted by Gasteiger charge is -2.28. The van der Waals surface area contributed by atoms with E-state index < -0.39 is 0 Å². The lowest BCUT2D eigenvalue weighted by Crippen LogP contribution is -2.39. The lowest BCUT2D eigenvalue weighted by atomic mass is 9.93. The average molecular weight is 261 g/mol. The van der Waals surface area contributed by atoms with E-state index in [1.165, 1.54) is 0 Å². The molecule has 0 unspecified atom stereocenters. The van der Waals surface area contributed by atoms with Crippen molar-refractivity contribution in [2.45, 2.75) is 13.8 Å². The number of halogens is 1. The fourth-order valence-electron chi connectivity index (χ4n) is 1.50. The van der Waals surface area contributed by atoms with Crippen molar-refractivity contribution < 1.29 is 4.79 Å². The van der Waals surface area contributed by atoms with Gasteiger partial charge in [0, 0.05) is 26.8 Å². The second kappa shape index (κ2) is 6.02. The van der Waals surface area contributed by atoms with Gasteiger partial charge >= 0.3 is 0 Å². The molecule has 0 spiro atoms. The molecule has 0 atom stereocenters. The van der Waals surface area contributed by atoms with Crippen molar-refractivity contribution in [3.63, 3.8) is 0 Å². The summed E-state index contributed by atoms with van der Waals surface area (Å²) in [7, 11) is 3.61. The first-order valence-electron chi connectivity index (χ1n) is 5.29. The molecular weight excluding hydrogens is 240 g/mol. The predicted octanol–water partition coefficient (Wildman–Crippen LogP) is 0.899. The second-order valence-corrected chi connectivity index (χ2v) is 4.95. The van der Waals surface area contributed by atoms with Crippen molar-refractivity contribution in [2.24, 2.45) is 18.2 Å². The Kier molecular flexibility index (Phi) is 5.64. The Labute approximate surface area is 108 Å². The van der Waals surface area contributed by atoms with Gasteiger partial charge < -0.3 is 15.2 Å². The number of nitrogens with zero attached hydrogens (tertiary/aromatic N) is 3. The number of amides is 1. The normalized spacial score (nSPS) is 10.9. The molecule has 0 aliphatic rings. The molecule has 0 aromatic carbocycles. The summed E-state index contributed by atoms with van der Waals surface area (Å²) >= 11 is 0. The van der Waals surface area contributed by atoms with Gasteiger partial charge in [0.25, 0.3) is 5.91 Å². The molecule has 1 rings (SSSR count). The fourth-order valence-corrected chi connectivity index (χ4v) is 1.50. The summed E-state index contributed by atoms with van der Waals surface area (Å²) in [5, 5.41) is 0. The van der Waals surface area contributed by atoms with Crippen molar-refractivity contribution in [3.05, 3.63) is 18.2 Å². The second-order valence-electron chi connectivity index (χ2n) is 4.95. The smallest absolute Gasteiger partial charge is 0.273 e. The maximum Gasteiger partial charge on any atom is 0.273 e. The quantitative estimate of drug-likeness (QED) is 0.875. The molecule has 1 aromatic rings. The highest BCUT2D eigenvalue weighted by atomic mass is 35.5. The molecule has 0 fully saturated rings. The Morgan fingerprint density at radius 1 is 1.59 bits per heavy atom. The molecule has 6 heteroatoms. The first-order chi connectivity index (χ1) is 7.35. The minimum Gasteiger partial charge on any atom is -0.340 e. The van der Waals surface area contributed by atoms with Gasteiger partial charge in [-0.2, -0.15) is 0 Å². The van der Waals surface area contributed by atoms with E-state index in [9.17, 15) is 4.79 Å². The average Bonchev–Trinajstić information content (AvgIpc) is 2.63. The summed E-state index contributed by atoms with van der Waals surface area (Å²) in [6, 6.07) is 0. The topological polar surface area (TPSA) is 64.2 Å². The number of aryl methyl sites for hydroxylation is 1. The van der Waals surface area contributed by atoms with E-state index in [4.69, 9.17) is 5.73 Å². The number of hydrogen-bond acceptors (Lipinski definition) is 3. The van der Waals surface area contributed by atoms with Crippen LogP contribution >= 0.6 is 12.4 Å². The van der Waals surface area contributed by atoms with Crippen LogP contribution in [0.4, 0.5) is 0 Å². The molecule has 0 bridgehead atoms. The zero-order valence-corrected chi connectivity index (χ0v) is 11.6. The van der Waals surface area contributed by atoms with Crippen LogP contribution in [-0.2, 0) is 7.05 Å². The Morgan fingerprint density at radius 2 is 2.18 bits per heavy atom. The Hall–Kier alpha value is -1.07. The van der Waals surface area contributed by atoms with Crippen molar-refractivity contribution in [2.75, 3.05) is 20.1 Å². The number of carbonyl (C=O) groups excluding carboxylic acids is 1. The maximum absolute atomic E-state index is 12.0. The Bertz CT molecular complexity index is 375. The van der Waals surface area contributed by atoms with E-state index in [1.54, 1.807) is 29.0 Å². The lowest BCUT2D eigenvalue weighted by molar-refractivity contribution is 0.0735. The highest BCUT2D eigenvalue weighted by Gasteiger charge is 2.22. The Balaban J connectivity index is 0.00000256. The largest absolute Gasteiger partial charge is 0.340 e. The SMILES string of the molecule is CN(CC(C)(C)CN)C(=O)c1cn(C)cn1.Cl. The van der Waals surface area contributed by atoms with E-state index in [1.807, 2.05) is 20.9 Å². The predicted molar refractivity (Wildman–Crippen MR) is 70.3 cm³/mol. The van der Waals surface area contributed by atoms with Crippen LogP contribution in [0.25, 0.3) is 0 Å². The molecular formula is C11H21ClN4O. The number of hydrogen-bond donors (Lipinski definition) is 1. The summed E-state index contributed by atoms with van der Waals surface area (Å²) in [5.74, 6) is -0.0675. The molecule has 17 heavy (non-hydrogen) atoms. The zero-order chi connectivity index (χ0) is 12.3. The van der Waals surface area contributed by atoms with Crippen LogP contribution in [0.1, 0.15) is 24.3 Å². The summed E-state index contributed by atoms with van der Waals surface area (Å²) < 4.78 is 1.76. The van der Waals surface area contributed by atoms with Crippen LogP contribution < -0.4 is 5.73 Å². The van der Waals surface area contributed by atoms with Crippen LogP contribution in [0, 0.1) is 5.41 Å². The first kappa shape index (κ1) is 15.9. The highest BCUT2D eigenvalue weighted by molar-refractivity contribution is 5.91. The van der Waals surface area contributed by atoms with Gasteiger partial charge in [-0.05, 0) is 12.0 Å². The molecule has 0 saturated heterocycles. The van der Waals surface area contributed by atoms with Crippen molar-refractivity contribution in [3.8, 4) is 0 Å². The van der Waals surface area contributed by atoms with E-state index in [0.717, 1.165) is 0 Å². The molecule has 1 amide bonds. The summed E-state index contributed by atoms with van der Waals surface area (Å²) in [5.41, 5.74) is 6.04. The van der Waals surface area contributed by atoms with Gasteiger partial charge in [-0.1, -0.05) is 13.8 Å². The van der Waals surface area contributed by atoms with Crippen LogP contribution in [-0.4, -0.2) is 40.5 Å². The van der Waals surface area contributed by atoms with E-state index >= 15 is 0 Å². The van der Waals surface area contributed by atoms with Gasteiger partial charge in [0.2, 0.25) is 0 Å². The van der Waals surface area contributed by atoms with Gasteiger partial charge in [-0.15, -0.1) is 12.4 Å². The number of carbonyl (C=O) groups is 1. The van der Waals surface area contributed by atoms with Crippen molar-refractivity contribution in [1.29, 1.82) is 0 Å². The third kappa shape index (κ3) is 4.36. The van der Waals surface area contributed by atoms with Crippen molar-refractivity contribution >= 4 is 18.3 Å². The standard InChI is InChI=1S/C11H20N4O.ClH/c1-11(2,6-12)7-15(4)10(16)9-5-14(3)8-13-9;/h5,8H,6-7,12H2,1-4H3;1H. The summed E-state index contributed by atoms with van der Waals surface area (Å²) in [6.07, 6.45) is 3.34. The van der Waals surface area contributed by atoms with Gasteiger partial charge in [0.15, 0.2) is 0 Å². The zero-order valence-electron chi connectivity index (χ0n) is 10.8. The third-order valence-corrected chi connectivity index (χ3v) is 2.49. The van der Waals surface area contributed by atoms with Gasteiger partial charge in [0.1, 0.15) is 5.69 Å². The number of nitrogens with two attached hydrogens (primary N) is 1. The number of rotatable bonds is 4. The molecule has 0 radical (unpaired) electrons. The monoisotopic (exact) mass is 260 g/mol. The molecule has 5 nitrogen and oxygen atoms in total. The van der Waals surface area contributed by atoms with Crippen LogP contribution in [0.5, 0.6) is 0 Å². The third-order valence-electron chi connectivity index (χ3n) is 2.49. The van der Waals surface area contributed by atoms with Crippen LogP contribution in [0.3, 0.4) is 0 Å². The molecule has 98 valence electrons. The minimum atomic E-state index is -0.0702. The van der Waals surface area contributed by atoms with Gasteiger partial charge in [0.05, 0.1) is 6.33 Å². The van der Waals surface area contributed by atoms with Crippen molar-refractivity contribution in [1.82, 2.24) is 14.5 Å². The molecule has 0 saturated carbocycles. The Morgan fingerprint density at radius 3 is 2.59 bits per heavy atom. The highest BCUT2D eigenvalue weighted by Crippen LogP contribution is 2.15. The minimum absolute atomic E-state index is 0. The van der Waals surface area contributed by atoms with E-state index in [-0.39, 0.29) is 23.7 Å². The number of imidazole rings is 1. The fraction of sp³-hybridized carbons (Fsp3) is 0.636. The van der Waals surface area contributed by atoms with Crippen LogP contribution in [0.2, 0.25) is 0 Å². The first-order valence-corrected chi connectivity index (χ1v) is 5.29. The number of aromatic nitrogens is 2. The molecule has 1 aromatic heterocycles. The van der Waals surface area contributed by atoms with Gasteiger partial charge in [-0.3, -0.25) is 4.79 Å². The van der Waals surface area contributed by atoms with E-state index in [2.05, 4.69) is 4.98 Å². The summed E-state index contributed by atoms with van der Waals surface area (Å²) in [4.78, 5) is 17.7. The van der Waals surface area contributed by atoms with E-state index in [0.29, 0.717) is 18.8 Å². The molecule has 0 aliphatic carbocycles. The molecule has 1 heterocycles. The molecule has 2 N–H and O–H groups in total. The van der Waals surface area contributed by atoms with Crippen LogP contribution in [0.15, 0.2) is 12.5 Å².